The molecule has 6 nitrogen and oxygen atoms in total. The number of aryl methyl sites for hydroxylation is 1. The van der Waals surface area contributed by atoms with Crippen molar-refractivity contribution >= 4 is 27.9 Å². The number of hydrogen-bond donors (Lipinski definition) is 1. The number of anilines is 1. The summed E-state index contributed by atoms with van der Waals surface area (Å²) in [6, 6.07) is 8.70. The lowest BCUT2D eigenvalue weighted by Crippen LogP contribution is -2.14. The maximum Gasteiger partial charge on any atom is 0.258 e. The highest BCUT2D eigenvalue weighted by Gasteiger charge is 2.07. The highest BCUT2D eigenvalue weighted by Crippen LogP contribution is 2.19. The first-order valence-corrected chi connectivity index (χ1v) is 9.38. The molecule has 0 bridgehead atoms. The third-order valence-electron chi connectivity index (χ3n) is 3.80. The predicted molar refractivity (Wildman–Crippen MR) is 103 cm³/mol. The van der Waals surface area contributed by atoms with Gasteiger partial charge in [0.2, 0.25) is 5.91 Å². The Bertz CT molecular complexity index is 978. The lowest BCUT2D eigenvalue weighted by molar-refractivity contribution is -0.116. The molecule has 3 rings (SSSR count). The molecule has 0 saturated carbocycles. The predicted octanol–water partition coefficient (Wildman–Crippen LogP) is 3.77. The zero-order valence-electron chi connectivity index (χ0n) is 14.8. The number of benzene rings is 1. The Hall–Kier alpha value is -2.67. The molecule has 0 radical (unpaired) electrons. The van der Waals surface area contributed by atoms with Crippen LogP contribution in [0.5, 0.6) is 5.75 Å². The average molecular weight is 371 g/mol. The lowest BCUT2D eigenvalue weighted by atomic mass is 10.2. The van der Waals surface area contributed by atoms with Gasteiger partial charge in [0.1, 0.15) is 12.4 Å². The van der Waals surface area contributed by atoms with Crippen molar-refractivity contribution in [3.05, 3.63) is 57.5 Å². The van der Waals surface area contributed by atoms with Crippen LogP contribution in [0, 0.1) is 6.92 Å². The third kappa shape index (κ3) is 4.49. The molecule has 1 amide bonds. The van der Waals surface area contributed by atoms with Crippen molar-refractivity contribution in [3.63, 3.8) is 0 Å². The first-order chi connectivity index (χ1) is 12.5. The van der Waals surface area contributed by atoms with Gasteiger partial charge in [-0.05, 0) is 25.5 Å². The number of carbonyl (C=O) groups is 1. The fourth-order valence-corrected chi connectivity index (χ4v) is 3.36. The number of fused-ring (bicyclic) bond motifs is 1. The third-order valence-corrected chi connectivity index (χ3v) is 4.70. The summed E-state index contributed by atoms with van der Waals surface area (Å²) in [6.07, 6.45) is 4.14. The van der Waals surface area contributed by atoms with E-state index < -0.39 is 0 Å². The van der Waals surface area contributed by atoms with Gasteiger partial charge in [0.15, 0.2) is 4.96 Å². The number of unbranched alkanes of at least 4 members (excludes halogenated alkanes) is 1. The number of hydrogen-bond acceptors (Lipinski definition) is 5. The molecule has 2 aromatic heterocycles. The number of ether oxygens (including phenoxy) is 1. The van der Waals surface area contributed by atoms with E-state index >= 15 is 0 Å². The monoisotopic (exact) mass is 371 g/mol. The second kappa shape index (κ2) is 8.14. The first kappa shape index (κ1) is 18.1. The highest BCUT2D eigenvalue weighted by atomic mass is 32.1. The number of carbonyl (C=O) groups excluding carboxylic acids is 1. The second-order valence-corrected chi connectivity index (χ2v) is 7.26. The van der Waals surface area contributed by atoms with Gasteiger partial charge >= 0.3 is 0 Å². The number of aromatic nitrogens is 2. The summed E-state index contributed by atoms with van der Waals surface area (Å²) in [4.78, 5) is 30.1. The molecule has 0 aliphatic rings. The highest BCUT2D eigenvalue weighted by molar-refractivity contribution is 7.16. The number of nitrogens with zero attached hydrogens (tertiary/aromatic N) is 2. The second-order valence-electron chi connectivity index (χ2n) is 6.05. The van der Waals surface area contributed by atoms with Gasteiger partial charge in [-0.2, -0.15) is 0 Å². The molecule has 7 heteroatoms. The maximum atomic E-state index is 12.1. The van der Waals surface area contributed by atoms with Crippen LogP contribution in [0.1, 0.15) is 36.8 Å². The van der Waals surface area contributed by atoms with Gasteiger partial charge < -0.3 is 10.1 Å². The summed E-state index contributed by atoms with van der Waals surface area (Å²) in [6.45, 7) is 4.18. The first-order valence-electron chi connectivity index (χ1n) is 8.56. The number of nitrogens with one attached hydrogen (secondary N) is 1. The van der Waals surface area contributed by atoms with Crippen molar-refractivity contribution in [2.45, 2.75) is 39.7 Å². The van der Waals surface area contributed by atoms with Crippen LogP contribution in [0.4, 0.5) is 5.69 Å². The van der Waals surface area contributed by atoms with Crippen LogP contribution in [0.15, 0.2) is 41.3 Å². The van der Waals surface area contributed by atoms with Crippen molar-refractivity contribution < 1.29 is 9.53 Å². The molecule has 1 aromatic carbocycles. The lowest BCUT2D eigenvalue weighted by Gasteiger charge is -2.09. The summed E-state index contributed by atoms with van der Waals surface area (Å²) in [5, 5.41) is 2.87. The minimum atomic E-state index is -0.116. The SMILES string of the molecule is CCCCC(=O)Nc1cccc(OCc2cc(=O)n3cc(C)sc3n2)c1. The topological polar surface area (TPSA) is 72.7 Å². The van der Waals surface area contributed by atoms with Crippen LogP contribution < -0.4 is 15.6 Å². The molecule has 0 saturated heterocycles. The molecule has 136 valence electrons. The summed E-state index contributed by atoms with van der Waals surface area (Å²) in [7, 11) is 0. The van der Waals surface area contributed by atoms with Gasteiger partial charge in [-0.1, -0.05) is 19.4 Å². The number of amides is 1. The van der Waals surface area contributed by atoms with E-state index in [0.717, 1.165) is 17.7 Å². The Kier molecular flexibility index (Phi) is 5.68. The van der Waals surface area contributed by atoms with Crippen LogP contribution in [0.2, 0.25) is 0 Å². The van der Waals surface area contributed by atoms with Gasteiger partial charge in [0, 0.05) is 35.3 Å². The molecule has 0 aliphatic heterocycles. The van der Waals surface area contributed by atoms with Crippen molar-refractivity contribution in [2.75, 3.05) is 5.32 Å². The van der Waals surface area contributed by atoms with E-state index in [1.54, 1.807) is 12.3 Å². The van der Waals surface area contributed by atoms with E-state index in [0.29, 0.717) is 28.5 Å². The van der Waals surface area contributed by atoms with Gasteiger partial charge in [-0.25, -0.2) is 4.98 Å². The van der Waals surface area contributed by atoms with Gasteiger partial charge in [0.25, 0.3) is 5.56 Å². The maximum absolute atomic E-state index is 12.1. The summed E-state index contributed by atoms with van der Waals surface area (Å²) in [5.41, 5.74) is 1.16. The summed E-state index contributed by atoms with van der Waals surface area (Å²) >= 11 is 1.47. The molecule has 0 spiro atoms. The standard InChI is InChI=1S/C19H21N3O3S/c1-3-4-8-17(23)20-14-6-5-7-16(9-14)25-12-15-10-18(24)22-11-13(2)26-19(22)21-15/h5-7,9-11H,3-4,8,12H2,1-2H3,(H,20,23). The van der Waals surface area contributed by atoms with E-state index in [4.69, 9.17) is 4.74 Å². The van der Waals surface area contributed by atoms with Crippen LogP contribution in [0.25, 0.3) is 4.96 Å². The molecule has 2 heterocycles. The van der Waals surface area contributed by atoms with E-state index in [1.807, 2.05) is 25.1 Å². The normalized spacial score (nSPS) is 10.8. The van der Waals surface area contributed by atoms with Crippen molar-refractivity contribution in [1.29, 1.82) is 0 Å². The van der Waals surface area contributed by atoms with Crippen molar-refractivity contribution in [1.82, 2.24) is 9.38 Å². The van der Waals surface area contributed by atoms with E-state index in [9.17, 15) is 9.59 Å². The zero-order valence-corrected chi connectivity index (χ0v) is 15.6. The van der Waals surface area contributed by atoms with Crippen molar-refractivity contribution in [3.8, 4) is 5.75 Å². The Morgan fingerprint density at radius 3 is 3.00 bits per heavy atom. The van der Waals surface area contributed by atoms with Crippen LogP contribution in [-0.4, -0.2) is 15.3 Å². The molecule has 0 unspecified atom stereocenters. The minimum Gasteiger partial charge on any atom is -0.487 e. The van der Waals surface area contributed by atoms with Crippen LogP contribution in [0.3, 0.4) is 0 Å². The molecule has 26 heavy (non-hydrogen) atoms. The van der Waals surface area contributed by atoms with E-state index in [1.165, 1.54) is 21.8 Å². The van der Waals surface area contributed by atoms with Gasteiger partial charge in [0.05, 0.1) is 5.69 Å². The zero-order chi connectivity index (χ0) is 18.5. The Balaban J connectivity index is 1.67. The largest absolute Gasteiger partial charge is 0.487 e. The summed E-state index contributed by atoms with van der Waals surface area (Å²) in [5.74, 6) is 0.611. The van der Waals surface area contributed by atoms with Crippen molar-refractivity contribution in [2.24, 2.45) is 0 Å². The fraction of sp³-hybridized carbons (Fsp3) is 0.316. The molecule has 0 atom stereocenters. The summed E-state index contributed by atoms with van der Waals surface area (Å²) < 4.78 is 7.29. The smallest absolute Gasteiger partial charge is 0.258 e. The molecule has 3 aromatic rings. The van der Waals surface area contributed by atoms with E-state index in [-0.39, 0.29) is 18.1 Å². The fourth-order valence-electron chi connectivity index (χ4n) is 2.51. The Morgan fingerprint density at radius 1 is 1.35 bits per heavy atom. The van der Waals surface area contributed by atoms with E-state index in [2.05, 4.69) is 17.2 Å². The van der Waals surface area contributed by atoms with Crippen LogP contribution in [-0.2, 0) is 11.4 Å². The van der Waals surface area contributed by atoms with Crippen LogP contribution >= 0.6 is 11.3 Å². The van der Waals surface area contributed by atoms with Gasteiger partial charge in [-0.3, -0.25) is 14.0 Å². The minimum absolute atomic E-state index is 0.00259. The molecular weight excluding hydrogens is 350 g/mol. The molecule has 0 aliphatic carbocycles. The molecular formula is C19H21N3O3S. The molecule has 0 fully saturated rings. The average Bonchev–Trinajstić information content (AvgIpc) is 2.99. The quantitative estimate of drug-likeness (QED) is 0.686. The molecule has 1 N–H and O–H groups in total. The van der Waals surface area contributed by atoms with Gasteiger partial charge in [-0.15, -0.1) is 11.3 Å². The number of rotatable bonds is 7. The Labute approximate surface area is 155 Å². The Morgan fingerprint density at radius 2 is 2.19 bits per heavy atom. The number of thiazole rings is 1.